The fourth-order valence-electron chi connectivity index (χ4n) is 2.80. The molecule has 1 atom stereocenters. The minimum atomic E-state index is 0.703. The lowest BCUT2D eigenvalue weighted by Gasteiger charge is -2.35. The van der Waals surface area contributed by atoms with Gasteiger partial charge in [0.25, 0.3) is 0 Å². The molecule has 0 spiro atoms. The third-order valence-corrected chi connectivity index (χ3v) is 4.65. The number of rotatable bonds is 6. The van der Waals surface area contributed by atoms with Crippen LogP contribution in [0.1, 0.15) is 49.7 Å². The first kappa shape index (κ1) is 14.0. The van der Waals surface area contributed by atoms with Crippen molar-refractivity contribution in [3.05, 3.63) is 16.1 Å². The molecule has 0 saturated carbocycles. The van der Waals surface area contributed by atoms with Crippen molar-refractivity contribution in [2.24, 2.45) is 5.73 Å². The Balaban J connectivity index is 1.92. The van der Waals surface area contributed by atoms with Crippen LogP contribution < -0.4 is 5.73 Å². The minimum absolute atomic E-state index is 0.703. The molecule has 4 heteroatoms. The molecule has 1 unspecified atom stereocenters. The van der Waals surface area contributed by atoms with Gasteiger partial charge in [0, 0.05) is 24.4 Å². The highest BCUT2D eigenvalue weighted by atomic mass is 32.1. The molecule has 0 aromatic carbocycles. The lowest BCUT2D eigenvalue weighted by atomic mass is 9.98. The van der Waals surface area contributed by atoms with E-state index in [0.717, 1.165) is 19.0 Å². The zero-order valence-corrected chi connectivity index (χ0v) is 12.2. The topological polar surface area (TPSA) is 42.1 Å². The second-order valence-corrected chi connectivity index (χ2v) is 6.12. The first-order valence-corrected chi connectivity index (χ1v) is 8.08. The summed E-state index contributed by atoms with van der Waals surface area (Å²) in [5, 5.41) is 3.40. The average Bonchev–Trinajstić information content (AvgIpc) is 2.80. The molecule has 0 aliphatic carbocycles. The number of nitrogens with zero attached hydrogens (tertiary/aromatic N) is 2. The van der Waals surface area contributed by atoms with Gasteiger partial charge in [-0.2, -0.15) is 0 Å². The van der Waals surface area contributed by atoms with Crippen molar-refractivity contribution in [2.45, 2.75) is 58.0 Å². The summed E-state index contributed by atoms with van der Waals surface area (Å²) < 4.78 is 0. The summed E-state index contributed by atoms with van der Waals surface area (Å²) in [6.07, 6.45) is 7.66. The standard InChI is InChI=1S/C14H25N3S/c1-2-5-13-6-3-4-9-17(13)10-12-11-18-14(16-12)7-8-15/h11,13H,2-10,15H2,1H3. The maximum absolute atomic E-state index is 5.57. The Labute approximate surface area is 114 Å². The van der Waals surface area contributed by atoms with Crippen LogP contribution in [0.3, 0.4) is 0 Å². The Morgan fingerprint density at radius 1 is 1.50 bits per heavy atom. The van der Waals surface area contributed by atoms with Crippen LogP contribution in [0.15, 0.2) is 5.38 Å². The Morgan fingerprint density at radius 2 is 2.39 bits per heavy atom. The molecule has 102 valence electrons. The number of aromatic nitrogens is 1. The minimum Gasteiger partial charge on any atom is -0.330 e. The van der Waals surface area contributed by atoms with Gasteiger partial charge in [-0.15, -0.1) is 11.3 Å². The van der Waals surface area contributed by atoms with Gasteiger partial charge in [0.1, 0.15) is 0 Å². The zero-order chi connectivity index (χ0) is 12.8. The third-order valence-electron chi connectivity index (χ3n) is 3.69. The van der Waals surface area contributed by atoms with Crippen LogP contribution in [0, 0.1) is 0 Å². The molecule has 0 radical (unpaired) electrons. The van der Waals surface area contributed by atoms with Crippen LogP contribution in [0.4, 0.5) is 0 Å². The van der Waals surface area contributed by atoms with Crippen molar-refractivity contribution in [3.8, 4) is 0 Å². The summed E-state index contributed by atoms with van der Waals surface area (Å²) in [7, 11) is 0. The van der Waals surface area contributed by atoms with E-state index in [1.807, 2.05) is 0 Å². The smallest absolute Gasteiger partial charge is 0.0941 e. The molecule has 3 nitrogen and oxygen atoms in total. The van der Waals surface area contributed by atoms with Crippen LogP contribution in [0.2, 0.25) is 0 Å². The molecule has 0 amide bonds. The highest BCUT2D eigenvalue weighted by Gasteiger charge is 2.22. The van der Waals surface area contributed by atoms with Crippen LogP contribution >= 0.6 is 11.3 Å². The van der Waals surface area contributed by atoms with Gasteiger partial charge in [-0.3, -0.25) is 4.90 Å². The Kier molecular flexibility index (Phi) is 5.60. The predicted octanol–water partition coefficient (Wildman–Crippen LogP) is 2.80. The van der Waals surface area contributed by atoms with E-state index in [9.17, 15) is 0 Å². The predicted molar refractivity (Wildman–Crippen MR) is 77.8 cm³/mol. The SMILES string of the molecule is CCCC1CCCCN1Cc1csc(CCN)n1. The fourth-order valence-corrected chi connectivity index (χ4v) is 3.60. The lowest BCUT2D eigenvalue weighted by molar-refractivity contribution is 0.130. The summed E-state index contributed by atoms with van der Waals surface area (Å²) in [5.74, 6) is 0. The molecule has 1 fully saturated rings. The van der Waals surface area contributed by atoms with Gasteiger partial charge in [0.2, 0.25) is 0 Å². The molecule has 2 N–H and O–H groups in total. The van der Waals surface area contributed by atoms with Gasteiger partial charge in [-0.1, -0.05) is 19.8 Å². The van der Waals surface area contributed by atoms with Gasteiger partial charge in [-0.25, -0.2) is 4.98 Å². The van der Waals surface area contributed by atoms with E-state index < -0.39 is 0 Å². The Morgan fingerprint density at radius 3 is 3.17 bits per heavy atom. The van der Waals surface area contributed by atoms with Crippen molar-refractivity contribution in [3.63, 3.8) is 0 Å². The average molecular weight is 267 g/mol. The van der Waals surface area contributed by atoms with Crippen LogP contribution in [-0.4, -0.2) is 29.0 Å². The van der Waals surface area contributed by atoms with Gasteiger partial charge < -0.3 is 5.73 Å². The van der Waals surface area contributed by atoms with E-state index in [-0.39, 0.29) is 0 Å². The number of thiazole rings is 1. The number of nitrogens with two attached hydrogens (primary N) is 1. The molecule has 2 heterocycles. The van der Waals surface area contributed by atoms with E-state index in [1.54, 1.807) is 11.3 Å². The molecule has 18 heavy (non-hydrogen) atoms. The first-order chi connectivity index (χ1) is 8.83. The van der Waals surface area contributed by atoms with Crippen molar-refractivity contribution < 1.29 is 0 Å². The first-order valence-electron chi connectivity index (χ1n) is 7.21. The quantitative estimate of drug-likeness (QED) is 0.862. The highest BCUT2D eigenvalue weighted by molar-refractivity contribution is 7.09. The van der Waals surface area contributed by atoms with Crippen molar-refractivity contribution in [1.29, 1.82) is 0 Å². The van der Waals surface area contributed by atoms with E-state index in [2.05, 4.69) is 22.2 Å². The number of likely N-dealkylation sites (tertiary alicyclic amines) is 1. The van der Waals surface area contributed by atoms with Crippen molar-refractivity contribution in [1.82, 2.24) is 9.88 Å². The summed E-state index contributed by atoms with van der Waals surface area (Å²) in [4.78, 5) is 7.32. The van der Waals surface area contributed by atoms with Crippen LogP contribution in [0.5, 0.6) is 0 Å². The van der Waals surface area contributed by atoms with Gasteiger partial charge in [-0.05, 0) is 32.4 Å². The van der Waals surface area contributed by atoms with E-state index in [1.165, 1.54) is 49.4 Å². The Bertz CT molecular complexity index is 349. The maximum atomic E-state index is 5.57. The summed E-state index contributed by atoms with van der Waals surface area (Å²) in [6, 6.07) is 0.781. The van der Waals surface area contributed by atoms with Gasteiger partial charge in [0.05, 0.1) is 10.7 Å². The number of hydrogen-bond donors (Lipinski definition) is 1. The van der Waals surface area contributed by atoms with Gasteiger partial charge >= 0.3 is 0 Å². The third kappa shape index (κ3) is 3.77. The molecule has 1 saturated heterocycles. The second-order valence-electron chi connectivity index (χ2n) is 5.18. The number of piperidine rings is 1. The van der Waals surface area contributed by atoms with E-state index >= 15 is 0 Å². The van der Waals surface area contributed by atoms with Crippen LogP contribution in [0.25, 0.3) is 0 Å². The van der Waals surface area contributed by atoms with Crippen molar-refractivity contribution >= 4 is 11.3 Å². The van der Waals surface area contributed by atoms with E-state index in [0.29, 0.717) is 6.54 Å². The Hall–Kier alpha value is -0.450. The molecule has 1 aliphatic heterocycles. The normalized spacial score (nSPS) is 21.3. The van der Waals surface area contributed by atoms with Crippen molar-refractivity contribution in [2.75, 3.05) is 13.1 Å². The van der Waals surface area contributed by atoms with E-state index in [4.69, 9.17) is 5.73 Å². The summed E-state index contributed by atoms with van der Waals surface area (Å²) >= 11 is 1.76. The molecular formula is C14H25N3S. The molecule has 2 rings (SSSR count). The second kappa shape index (κ2) is 7.22. The zero-order valence-electron chi connectivity index (χ0n) is 11.4. The maximum Gasteiger partial charge on any atom is 0.0941 e. The largest absolute Gasteiger partial charge is 0.330 e. The number of hydrogen-bond acceptors (Lipinski definition) is 4. The summed E-state index contributed by atoms with van der Waals surface area (Å²) in [5.41, 5.74) is 6.81. The molecular weight excluding hydrogens is 242 g/mol. The fraction of sp³-hybridized carbons (Fsp3) is 0.786. The highest BCUT2D eigenvalue weighted by Crippen LogP contribution is 2.23. The summed E-state index contributed by atoms with van der Waals surface area (Å²) in [6.45, 7) is 5.27. The van der Waals surface area contributed by atoms with Gasteiger partial charge in [0.15, 0.2) is 0 Å². The monoisotopic (exact) mass is 267 g/mol. The van der Waals surface area contributed by atoms with Crippen LogP contribution in [-0.2, 0) is 13.0 Å². The molecule has 1 aliphatic rings. The molecule has 0 bridgehead atoms. The molecule has 1 aromatic heterocycles. The molecule has 1 aromatic rings. The lowest BCUT2D eigenvalue weighted by Crippen LogP contribution is -2.38.